The summed E-state index contributed by atoms with van der Waals surface area (Å²) in [7, 11) is 0. The second-order valence-electron chi connectivity index (χ2n) is 6.44. The number of rotatable bonds is 7. The van der Waals surface area contributed by atoms with Crippen LogP contribution in [-0.4, -0.2) is 9.85 Å². The van der Waals surface area contributed by atoms with Crippen LogP contribution in [0.5, 0.6) is 0 Å². The summed E-state index contributed by atoms with van der Waals surface area (Å²) in [5.74, 6) is 0. The monoisotopic (exact) mass is 442 g/mol. The number of hydrogen-bond donors (Lipinski definition) is 0. The largest absolute Gasteiger partial charge is 0.283 e. The van der Waals surface area contributed by atoms with Crippen molar-refractivity contribution in [3.63, 3.8) is 0 Å². The van der Waals surface area contributed by atoms with Crippen molar-refractivity contribution in [2.45, 2.75) is 10.8 Å². The molecule has 0 bridgehead atoms. The molecule has 3 aromatic rings. The van der Waals surface area contributed by atoms with E-state index < -0.39 is 26.3 Å². The van der Waals surface area contributed by atoms with Gasteiger partial charge >= 0.3 is 0 Å². The molecule has 0 amide bonds. The lowest BCUT2D eigenvalue weighted by atomic mass is 9.98. The zero-order chi connectivity index (χ0) is 21.7. The van der Waals surface area contributed by atoms with E-state index in [2.05, 4.69) is 0 Å². The first-order valence-corrected chi connectivity index (χ1v) is 9.78. The molecule has 0 aliphatic rings. The maximum absolute atomic E-state index is 11.6. The minimum atomic E-state index is -0.973. The fourth-order valence-electron chi connectivity index (χ4n) is 3.00. The van der Waals surface area contributed by atoms with E-state index in [0.29, 0.717) is 5.56 Å². The third-order valence-electron chi connectivity index (χ3n) is 4.50. The Morgan fingerprint density at radius 1 is 0.733 bits per heavy atom. The lowest BCUT2D eigenvalue weighted by Gasteiger charge is -2.17. The molecule has 0 aromatic heterocycles. The van der Waals surface area contributed by atoms with E-state index >= 15 is 0 Å². The van der Waals surface area contributed by atoms with E-state index in [1.54, 1.807) is 30.3 Å². The van der Waals surface area contributed by atoms with Crippen LogP contribution in [0, 0.1) is 20.2 Å². The number of alkyl halides is 2. The van der Waals surface area contributed by atoms with Gasteiger partial charge in [-0.05, 0) is 23.3 Å². The fraction of sp³-hybridized carbons (Fsp3) is 0.0909. The molecule has 30 heavy (non-hydrogen) atoms. The zero-order valence-electron chi connectivity index (χ0n) is 15.5. The molecular formula is C22H16Cl2N2O4. The topological polar surface area (TPSA) is 86.3 Å². The van der Waals surface area contributed by atoms with Gasteiger partial charge in [0.25, 0.3) is 11.4 Å². The minimum Gasteiger partial charge on any atom is -0.258 e. The van der Waals surface area contributed by atoms with Crippen LogP contribution < -0.4 is 0 Å². The third kappa shape index (κ3) is 4.84. The predicted molar refractivity (Wildman–Crippen MR) is 119 cm³/mol. The molecule has 8 heteroatoms. The molecule has 0 heterocycles. The number of halogens is 2. The standard InChI is InChI=1S/C22H16Cl2N2O4/c23-21(16-9-5-2-6-10-16)22(24)18-13-17(12-11-15-7-3-1-4-8-15)19(25(27)28)14-20(18)26(29)30/h1-14,21-22H/b12-11+/t21-,22-/m1/s1. The summed E-state index contributed by atoms with van der Waals surface area (Å²) in [4.78, 5) is 21.8. The highest BCUT2D eigenvalue weighted by Crippen LogP contribution is 2.44. The minimum absolute atomic E-state index is 0.115. The maximum atomic E-state index is 11.6. The summed E-state index contributed by atoms with van der Waals surface area (Å²) in [6.07, 6.45) is 3.23. The Kier molecular flexibility index (Phi) is 6.82. The van der Waals surface area contributed by atoms with Crippen LogP contribution in [-0.2, 0) is 0 Å². The molecule has 152 valence electrons. The van der Waals surface area contributed by atoms with Crippen molar-refractivity contribution in [2.24, 2.45) is 0 Å². The molecule has 3 aromatic carbocycles. The van der Waals surface area contributed by atoms with Gasteiger partial charge in [0.2, 0.25) is 0 Å². The average molecular weight is 443 g/mol. The van der Waals surface area contributed by atoms with Gasteiger partial charge in [-0.3, -0.25) is 20.2 Å². The first-order chi connectivity index (χ1) is 14.4. The van der Waals surface area contributed by atoms with E-state index in [1.165, 1.54) is 12.1 Å². The van der Waals surface area contributed by atoms with E-state index in [1.807, 2.05) is 36.4 Å². The Hall–Kier alpha value is -3.22. The summed E-state index contributed by atoms with van der Waals surface area (Å²) in [6, 6.07) is 20.4. The third-order valence-corrected chi connectivity index (χ3v) is 5.62. The van der Waals surface area contributed by atoms with E-state index in [4.69, 9.17) is 23.2 Å². The van der Waals surface area contributed by atoms with E-state index in [0.717, 1.165) is 11.6 Å². The highest BCUT2D eigenvalue weighted by Gasteiger charge is 2.31. The summed E-state index contributed by atoms with van der Waals surface area (Å²) in [6.45, 7) is 0. The number of hydrogen-bond acceptors (Lipinski definition) is 4. The molecule has 0 radical (unpaired) electrons. The molecule has 2 atom stereocenters. The van der Waals surface area contributed by atoms with Gasteiger partial charge in [0.1, 0.15) is 0 Å². The van der Waals surface area contributed by atoms with Crippen LogP contribution in [0.25, 0.3) is 12.2 Å². The predicted octanol–water partition coefficient (Wildman–Crippen LogP) is 6.93. The Labute approximate surface area is 182 Å². The van der Waals surface area contributed by atoms with E-state index in [-0.39, 0.29) is 16.8 Å². The second kappa shape index (κ2) is 9.52. The number of benzene rings is 3. The first kappa shape index (κ1) is 21.5. The lowest BCUT2D eigenvalue weighted by Crippen LogP contribution is -2.06. The molecule has 0 fully saturated rings. The molecule has 0 saturated heterocycles. The Morgan fingerprint density at radius 2 is 1.30 bits per heavy atom. The molecule has 6 nitrogen and oxygen atoms in total. The molecule has 0 unspecified atom stereocenters. The normalized spacial score (nSPS) is 13.1. The highest BCUT2D eigenvalue weighted by molar-refractivity contribution is 6.30. The summed E-state index contributed by atoms with van der Waals surface area (Å²) in [5.41, 5.74) is 1.00. The Bertz CT molecular complexity index is 1090. The van der Waals surface area contributed by atoms with Gasteiger partial charge in [0.15, 0.2) is 0 Å². The second-order valence-corrected chi connectivity index (χ2v) is 7.38. The van der Waals surface area contributed by atoms with Crippen LogP contribution in [0.1, 0.15) is 33.0 Å². The molecular weight excluding hydrogens is 427 g/mol. The lowest BCUT2D eigenvalue weighted by molar-refractivity contribution is -0.394. The van der Waals surface area contributed by atoms with Crippen LogP contribution in [0.3, 0.4) is 0 Å². The van der Waals surface area contributed by atoms with Gasteiger partial charge in [-0.15, -0.1) is 23.2 Å². The Balaban J connectivity index is 2.10. The summed E-state index contributed by atoms with van der Waals surface area (Å²) in [5, 5.41) is 21.4. The van der Waals surface area contributed by atoms with Gasteiger partial charge in [-0.25, -0.2) is 0 Å². The summed E-state index contributed by atoms with van der Waals surface area (Å²) < 4.78 is 0. The molecule has 0 N–H and O–H groups in total. The highest BCUT2D eigenvalue weighted by atomic mass is 35.5. The van der Waals surface area contributed by atoms with Crippen molar-refractivity contribution in [3.05, 3.63) is 115 Å². The quantitative estimate of drug-likeness (QED) is 0.171. The van der Waals surface area contributed by atoms with Crippen LogP contribution in [0.15, 0.2) is 72.8 Å². The van der Waals surface area contributed by atoms with Crippen molar-refractivity contribution in [3.8, 4) is 0 Å². The van der Waals surface area contributed by atoms with Gasteiger partial charge < -0.3 is 0 Å². The SMILES string of the molecule is O=[N+]([O-])c1cc([N+](=O)[O-])c([C@@H](Cl)[C@H](Cl)c2ccccc2)cc1/C=C/c1ccccc1. The molecule has 0 saturated carbocycles. The smallest absolute Gasteiger partial charge is 0.258 e. The van der Waals surface area contributed by atoms with Crippen molar-refractivity contribution in [2.75, 3.05) is 0 Å². The summed E-state index contributed by atoms with van der Waals surface area (Å²) >= 11 is 13.0. The number of nitrogens with zero attached hydrogens (tertiary/aromatic N) is 2. The van der Waals surface area contributed by atoms with Crippen molar-refractivity contribution >= 4 is 46.7 Å². The first-order valence-electron chi connectivity index (χ1n) is 8.91. The van der Waals surface area contributed by atoms with E-state index in [9.17, 15) is 20.2 Å². The van der Waals surface area contributed by atoms with Gasteiger partial charge in [-0.1, -0.05) is 66.7 Å². The zero-order valence-corrected chi connectivity index (χ0v) is 17.0. The average Bonchev–Trinajstić information content (AvgIpc) is 2.77. The fourth-order valence-corrected chi connectivity index (χ4v) is 3.60. The van der Waals surface area contributed by atoms with Crippen LogP contribution in [0.4, 0.5) is 11.4 Å². The number of nitro benzene ring substituents is 2. The maximum Gasteiger partial charge on any atom is 0.283 e. The van der Waals surface area contributed by atoms with Crippen molar-refractivity contribution in [1.82, 2.24) is 0 Å². The van der Waals surface area contributed by atoms with Crippen molar-refractivity contribution < 1.29 is 9.85 Å². The van der Waals surface area contributed by atoms with Gasteiger partial charge in [-0.2, -0.15) is 0 Å². The molecule has 0 spiro atoms. The molecule has 3 rings (SSSR count). The Morgan fingerprint density at radius 3 is 1.87 bits per heavy atom. The van der Waals surface area contributed by atoms with Gasteiger partial charge in [0.05, 0.1) is 37.8 Å². The van der Waals surface area contributed by atoms with Crippen molar-refractivity contribution in [1.29, 1.82) is 0 Å². The van der Waals surface area contributed by atoms with Crippen LogP contribution in [0.2, 0.25) is 0 Å². The molecule has 0 aliphatic carbocycles. The number of nitro groups is 2. The van der Waals surface area contributed by atoms with Crippen LogP contribution >= 0.6 is 23.2 Å². The molecule has 0 aliphatic heterocycles. The van der Waals surface area contributed by atoms with Gasteiger partial charge in [0, 0.05) is 0 Å².